The molecule has 0 unspecified atom stereocenters. The fourth-order valence-electron chi connectivity index (χ4n) is 2.50. The van der Waals surface area contributed by atoms with Crippen LogP contribution in [-0.4, -0.2) is 34.4 Å². The predicted molar refractivity (Wildman–Crippen MR) is 98.8 cm³/mol. The second-order valence-electron chi connectivity index (χ2n) is 5.99. The normalized spacial score (nSPS) is 10.5. The summed E-state index contributed by atoms with van der Waals surface area (Å²) in [5, 5.41) is 2.64. The SMILES string of the molecule is CN(CCc1ccncc1)C(=O)c1ccc(Nc2c(F)cccc2F)cn1. The molecule has 0 aliphatic carbocycles. The van der Waals surface area contributed by atoms with Gasteiger partial charge in [0.15, 0.2) is 0 Å². The number of aromatic nitrogens is 2. The van der Waals surface area contributed by atoms with Crippen LogP contribution in [0.4, 0.5) is 20.2 Å². The van der Waals surface area contributed by atoms with E-state index in [9.17, 15) is 13.6 Å². The van der Waals surface area contributed by atoms with Gasteiger partial charge >= 0.3 is 0 Å². The Kier molecular flexibility index (Phi) is 5.71. The molecule has 138 valence electrons. The Hall–Kier alpha value is -3.35. The number of benzene rings is 1. The number of anilines is 2. The van der Waals surface area contributed by atoms with Crippen molar-refractivity contribution in [3.8, 4) is 0 Å². The lowest BCUT2D eigenvalue weighted by Gasteiger charge is -2.17. The number of hydrogen-bond donors (Lipinski definition) is 1. The van der Waals surface area contributed by atoms with Crippen molar-refractivity contribution in [3.05, 3.63) is 83.9 Å². The van der Waals surface area contributed by atoms with Crippen molar-refractivity contribution < 1.29 is 13.6 Å². The molecule has 2 aromatic heterocycles. The first kappa shape index (κ1) is 18.4. The second-order valence-corrected chi connectivity index (χ2v) is 5.99. The lowest BCUT2D eigenvalue weighted by Crippen LogP contribution is -2.29. The molecule has 1 amide bonds. The van der Waals surface area contributed by atoms with E-state index in [0.29, 0.717) is 18.7 Å². The van der Waals surface area contributed by atoms with Crippen LogP contribution in [0.3, 0.4) is 0 Å². The highest BCUT2D eigenvalue weighted by Crippen LogP contribution is 2.22. The molecule has 0 spiro atoms. The fraction of sp³-hybridized carbons (Fsp3) is 0.150. The maximum absolute atomic E-state index is 13.7. The Bertz CT molecular complexity index is 897. The molecule has 0 saturated carbocycles. The monoisotopic (exact) mass is 368 g/mol. The fourth-order valence-corrected chi connectivity index (χ4v) is 2.50. The minimum absolute atomic E-state index is 0.229. The number of rotatable bonds is 6. The number of nitrogens with zero attached hydrogens (tertiary/aromatic N) is 3. The highest BCUT2D eigenvalue weighted by molar-refractivity contribution is 5.92. The molecule has 1 N–H and O–H groups in total. The number of para-hydroxylation sites is 1. The van der Waals surface area contributed by atoms with E-state index in [1.165, 1.54) is 18.3 Å². The van der Waals surface area contributed by atoms with E-state index in [-0.39, 0.29) is 17.3 Å². The molecule has 5 nitrogen and oxygen atoms in total. The molecule has 0 saturated heterocycles. The number of halogens is 2. The van der Waals surface area contributed by atoms with Gasteiger partial charge in [-0.3, -0.25) is 9.78 Å². The summed E-state index contributed by atoms with van der Waals surface area (Å²) in [5.41, 5.74) is 1.47. The van der Waals surface area contributed by atoms with E-state index < -0.39 is 11.6 Å². The Balaban J connectivity index is 1.63. The van der Waals surface area contributed by atoms with Gasteiger partial charge in [0.25, 0.3) is 5.91 Å². The summed E-state index contributed by atoms with van der Waals surface area (Å²) in [4.78, 5) is 22.1. The largest absolute Gasteiger partial charge is 0.349 e. The Morgan fingerprint density at radius 2 is 1.78 bits per heavy atom. The van der Waals surface area contributed by atoms with Crippen molar-refractivity contribution in [2.24, 2.45) is 0 Å². The maximum Gasteiger partial charge on any atom is 0.272 e. The van der Waals surface area contributed by atoms with Crippen LogP contribution < -0.4 is 5.32 Å². The van der Waals surface area contributed by atoms with Crippen LogP contribution in [0.5, 0.6) is 0 Å². The third-order valence-corrected chi connectivity index (χ3v) is 4.05. The van der Waals surface area contributed by atoms with Gasteiger partial charge < -0.3 is 10.2 Å². The standard InChI is InChI=1S/C20H18F2N4O/c1-26(12-9-14-7-10-23-11-8-14)20(27)18-6-5-15(13-24-18)25-19-16(21)3-2-4-17(19)22/h2-8,10-11,13,25H,9,12H2,1H3. The summed E-state index contributed by atoms with van der Waals surface area (Å²) in [6, 6.07) is 10.5. The number of nitrogens with one attached hydrogen (secondary N) is 1. The van der Waals surface area contributed by atoms with Crippen LogP contribution in [0, 0.1) is 11.6 Å². The van der Waals surface area contributed by atoms with Gasteiger partial charge in [-0.1, -0.05) is 6.07 Å². The smallest absolute Gasteiger partial charge is 0.272 e. The molecule has 0 aliphatic heterocycles. The lowest BCUT2D eigenvalue weighted by molar-refractivity contribution is 0.0791. The number of carbonyl (C=O) groups is 1. The van der Waals surface area contributed by atoms with Crippen LogP contribution in [0.15, 0.2) is 61.1 Å². The summed E-state index contributed by atoms with van der Waals surface area (Å²) in [7, 11) is 1.70. The van der Waals surface area contributed by atoms with Gasteiger partial charge in [-0.2, -0.15) is 0 Å². The van der Waals surface area contributed by atoms with Gasteiger partial charge in [0.1, 0.15) is 23.0 Å². The minimum atomic E-state index is -0.703. The van der Waals surface area contributed by atoms with E-state index in [0.717, 1.165) is 17.7 Å². The number of likely N-dealkylation sites (N-methyl/N-ethyl adjacent to an activating group) is 1. The van der Waals surface area contributed by atoms with Crippen molar-refractivity contribution in [2.45, 2.75) is 6.42 Å². The summed E-state index contributed by atoms with van der Waals surface area (Å²) in [5.74, 6) is -1.63. The van der Waals surface area contributed by atoms with Crippen LogP contribution in [0.2, 0.25) is 0 Å². The van der Waals surface area contributed by atoms with Gasteiger partial charge in [-0.25, -0.2) is 13.8 Å². The number of amides is 1. The highest BCUT2D eigenvalue weighted by Gasteiger charge is 2.14. The van der Waals surface area contributed by atoms with E-state index in [1.807, 2.05) is 12.1 Å². The van der Waals surface area contributed by atoms with Crippen molar-refractivity contribution >= 4 is 17.3 Å². The molecule has 2 heterocycles. The van der Waals surface area contributed by atoms with E-state index in [2.05, 4.69) is 15.3 Å². The maximum atomic E-state index is 13.7. The quantitative estimate of drug-likeness (QED) is 0.719. The molecule has 1 aromatic carbocycles. The van der Waals surface area contributed by atoms with Gasteiger partial charge in [-0.05, 0) is 48.4 Å². The molecule has 0 aliphatic rings. The zero-order valence-corrected chi connectivity index (χ0v) is 14.7. The molecule has 27 heavy (non-hydrogen) atoms. The molecule has 0 atom stereocenters. The second kappa shape index (κ2) is 8.35. The van der Waals surface area contributed by atoms with Crippen molar-refractivity contribution in [3.63, 3.8) is 0 Å². The summed E-state index contributed by atoms with van der Waals surface area (Å²) >= 11 is 0. The topological polar surface area (TPSA) is 58.1 Å². The first-order valence-electron chi connectivity index (χ1n) is 8.36. The van der Waals surface area contributed by atoms with Gasteiger partial charge in [-0.15, -0.1) is 0 Å². The Morgan fingerprint density at radius 1 is 1.07 bits per heavy atom. The first-order valence-corrected chi connectivity index (χ1v) is 8.36. The average Bonchev–Trinajstić information content (AvgIpc) is 2.70. The van der Waals surface area contributed by atoms with Crippen molar-refractivity contribution in [1.29, 1.82) is 0 Å². The molecule has 0 radical (unpaired) electrons. The molecule has 3 rings (SSSR count). The number of hydrogen-bond acceptors (Lipinski definition) is 4. The lowest BCUT2D eigenvalue weighted by atomic mass is 10.2. The Labute approximate surface area is 155 Å². The summed E-state index contributed by atoms with van der Waals surface area (Å²) < 4.78 is 27.4. The van der Waals surface area contributed by atoms with Gasteiger partial charge in [0.2, 0.25) is 0 Å². The highest BCUT2D eigenvalue weighted by atomic mass is 19.1. The van der Waals surface area contributed by atoms with Crippen LogP contribution >= 0.6 is 0 Å². The molecular weight excluding hydrogens is 350 g/mol. The van der Waals surface area contributed by atoms with Gasteiger partial charge in [0, 0.05) is 26.0 Å². The van der Waals surface area contributed by atoms with Crippen LogP contribution in [0.1, 0.15) is 16.1 Å². The summed E-state index contributed by atoms with van der Waals surface area (Å²) in [6.07, 6.45) is 5.50. The number of carbonyl (C=O) groups excluding carboxylic acids is 1. The molecular formula is C20H18F2N4O. The van der Waals surface area contributed by atoms with E-state index in [4.69, 9.17) is 0 Å². The van der Waals surface area contributed by atoms with Crippen molar-refractivity contribution in [2.75, 3.05) is 18.9 Å². The average molecular weight is 368 g/mol. The molecule has 0 bridgehead atoms. The van der Waals surface area contributed by atoms with Gasteiger partial charge in [0.05, 0.1) is 11.9 Å². The zero-order chi connectivity index (χ0) is 19.2. The zero-order valence-electron chi connectivity index (χ0n) is 14.7. The Morgan fingerprint density at radius 3 is 2.41 bits per heavy atom. The molecule has 0 fully saturated rings. The predicted octanol–water partition coefficient (Wildman–Crippen LogP) is 3.81. The minimum Gasteiger partial charge on any atom is -0.349 e. The number of pyridine rings is 2. The molecule has 3 aromatic rings. The van der Waals surface area contributed by atoms with Crippen LogP contribution in [-0.2, 0) is 6.42 Å². The van der Waals surface area contributed by atoms with E-state index in [1.54, 1.807) is 30.4 Å². The first-order chi connectivity index (χ1) is 13.0. The molecule has 7 heteroatoms. The van der Waals surface area contributed by atoms with Crippen molar-refractivity contribution in [1.82, 2.24) is 14.9 Å². The summed E-state index contributed by atoms with van der Waals surface area (Å²) in [6.45, 7) is 0.533. The van der Waals surface area contributed by atoms with Crippen LogP contribution in [0.25, 0.3) is 0 Å². The van der Waals surface area contributed by atoms with E-state index >= 15 is 0 Å². The third-order valence-electron chi connectivity index (χ3n) is 4.05. The third kappa shape index (κ3) is 4.63.